The Balaban J connectivity index is 1.94. The molecule has 0 heterocycles. The fraction of sp³-hybridized carbons (Fsp3) is 0.167. The van der Waals surface area contributed by atoms with Gasteiger partial charge in [-0.05, 0) is 18.1 Å². The van der Waals surface area contributed by atoms with Crippen LogP contribution in [0.15, 0.2) is 71.0 Å². The van der Waals surface area contributed by atoms with Gasteiger partial charge >= 0.3 is 0 Å². The first-order valence-corrected chi connectivity index (χ1v) is 8.77. The maximum Gasteiger partial charge on any atom is 0.154 e. The molecule has 0 saturated carbocycles. The van der Waals surface area contributed by atoms with Gasteiger partial charge in [-0.2, -0.15) is 0 Å². The quantitative estimate of drug-likeness (QED) is 0.647. The monoisotopic (exact) mass is 314 g/mol. The van der Waals surface area contributed by atoms with Crippen molar-refractivity contribution >= 4 is 29.3 Å². The third-order valence-electron chi connectivity index (χ3n) is 2.77. The first kappa shape index (κ1) is 15.9. The van der Waals surface area contributed by atoms with Gasteiger partial charge in [0.25, 0.3) is 0 Å². The maximum absolute atomic E-state index is 11.4. The van der Waals surface area contributed by atoms with Crippen LogP contribution in [0.3, 0.4) is 0 Å². The van der Waals surface area contributed by atoms with Crippen LogP contribution in [0.1, 0.15) is 18.1 Å². The van der Waals surface area contributed by atoms with E-state index in [1.54, 1.807) is 36.5 Å². The van der Waals surface area contributed by atoms with Gasteiger partial charge in [-0.1, -0.05) is 60.7 Å². The van der Waals surface area contributed by atoms with Gasteiger partial charge in [-0.3, -0.25) is 4.79 Å². The van der Waals surface area contributed by atoms with Crippen molar-refractivity contribution in [1.82, 2.24) is 0 Å². The van der Waals surface area contributed by atoms with Crippen molar-refractivity contribution < 1.29 is 4.79 Å². The second kappa shape index (κ2) is 8.75. The van der Waals surface area contributed by atoms with E-state index in [1.165, 1.54) is 11.1 Å². The lowest BCUT2D eigenvalue weighted by Gasteiger charge is -2.07. The molecule has 0 aliphatic carbocycles. The summed E-state index contributed by atoms with van der Waals surface area (Å²) in [6.45, 7) is 1.60. The molecule has 0 aliphatic rings. The fourth-order valence-corrected chi connectivity index (χ4v) is 3.94. The fourth-order valence-electron chi connectivity index (χ4n) is 1.75. The van der Waals surface area contributed by atoms with Gasteiger partial charge in [0.2, 0.25) is 0 Å². The Labute approximate surface area is 134 Å². The summed E-state index contributed by atoms with van der Waals surface area (Å²) in [6, 6.07) is 20.7. The predicted octanol–water partition coefficient (Wildman–Crippen LogP) is 5.28. The minimum absolute atomic E-state index is 0.103. The third kappa shape index (κ3) is 6.23. The molecule has 2 rings (SSSR count). The van der Waals surface area contributed by atoms with E-state index in [1.807, 2.05) is 36.4 Å². The number of carbonyl (C=O) groups is 1. The summed E-state index contributed by atoms with van der Waals surface area (Å²) in [5, 5.41) is 0. The van der Waals surface area contributed by atoms with Gasteiger partial charge in [0.15, 0.2) is 5.78 Å². The normalized spacial score (nSPS) is 10.1. The lowest BCUT2D eigenvalue weighted by Crippen LogP contribution is -1.87. The van der Waals surface area contributed by atoms with Crippen LogP contribution < -0.4 is 0 Å². The van der Waals surface area contributed by atoms with Gasteiger partial charge in [-0.15, -0.1) is 23.5 Å². The lowest BCUT2D eigenvalue weighted by molar-refractivity contribution is -0.112. The summed E-state index contributed by atoms with van der Waals surface area (Å²) in [7, 11) is 0. The van der Waals surface area contributed by atoms with Crippen molar-refractivity contribution in [2.45, 2.75) is 18.4 Å². The van der Waals surface area contributed by atoms with Gasteiger partial charge in [0, 0.05) is 21.8 Å². The highest BCUT2D eigenvalue weighted by atomic mass is 32.2. The van der Waals surface area contributed by atoms with Crippen LogP contribution in [-0.4, -0.2) is 5.78 Å². The zero-order chi connectivity index (χ0) is 14.9. The molecule has 2 aromatic carbocycles. The van der Waals surface area contributed by atoms with Gasteiger partial charge < -0.3 is 0 Å². The first-order valence-electron chi connectivity index (χ1n) is 6.80. The molecule has 21 heavy (non-hydrogen) atoms. The number of hydrogen-bond acceptors (Lipinski definition) is 3. The zero-order valence-corrected chi connectivity index (χ0v) is 13.6. The summed E-state index contributed by atoms with van der Waals surface area (Å²) < 4.78 is 1.08. The molecule has 0 atom stereocenters. The van der Waals surface area contributed by atoms with E-state index < -0.39 is 0 Å². The Morgan fingerprint density at radius 3 is 1.67 bits per heavy atom. The molecule has 0 amide bonds. The molecule has 0 saturated heterocycles. The van der Waals surface area contributed by atoms with Crippen molar-refractivity contribution in [3.05, 3.63) is 82.1 Å². The molecule has 0 aromatic heterocycles. The summed E-state index contributed by atoms with van der Waals surface area (Å²) in [6.07, 6.45) is 1.74. The van der Waals surface area contributed by atoms with E-state index >= 15 is 0 Å². The average Bonchev–Trinajstić information content (AvgIpc) is 2.51. The largest absolute Gasteiger partial charge is 0.295 e. The minimum Gasteiger partial charge on any atom is -0.295 e. The topological polar surface area (TPSA) is 17.1 Å². The van der Waals surface area contributed by atoms with Crippen molar-refractivity contribution in [3.8, 4) is 0 Å². The Morgan fingerprint density at radius 2 is 1.29 bits per heavy atom. The molecular weight excluding hydrogens is 296 g/mol. The van der Waals surface area contributed by atoms with E-state index in [4.69, 9.17) is 0 Å². The van der Waals surface area contributed by atoms with Crippen LogP contribution in [0, 0.1) is 0 Å². The highest BCUT2D eigenvalue weighted by Gasteiger charge is 2.03. The van der Waals surface area contributed by atoms with Crippen molar-refractivity contribution in [2.75, 3.05) is 0 Å². The van der Waals surface area contributed by atoms with Crippen LogP contribution in [0.4, 0.5) is 0 Å². The van der Waals surface area contributed by atoms with Crippen molar-refractivity contribution in [2.24, 2.45) is 0 Å². The molecule has 0 N–H and O–H groups in total. The van der Waals surface area contributed by atoms with Crippen LogP contribution >= 0.6 is 23.5 Å². The molecule has 3 heteroatoms. The van der Waals surface area contributed by atoms with Gasteiger partial charge in [0.05, 0.1) is 0 Å². The number of benzene rings is 2. The molecule has 0 aliphatic heterocycles. The number of allylic oxidation sites excluding steroid dienone is 1. The summed E-state index contributed by atoms with van der Waals surface area (Å²) >= 11 is 3.45. The van der Waals surface area contributed by atoms with Crippen molar-refractivity contribution in [3.63, 3.8) is 0 Å². The minimum atomic E-state index is 0.103. The molecule has 1 nitrogen and oxygen atoms in total. The van der Waals surface area contributed by atoms with E-state index in [0.29, 0.717) is 0 Å². The van der Waals surface area contributed by atoms with Crippen LogP contribution in [0.2, 0.25) is 0 Å². The van der Waals surface area contributed by atoms with E-state index in [0.717, 1.165) is 15.7 Å². The van der Waals surface area contributed by atoms with E-state index in [-0.39, 0.29) is 5.78 Å². The predicted molar refractivity (Wildman–Crippen MR) is 94.2 cm³/mol. The number of ketones is 1. The Morgan fingerprint density at radius 1 is 0.857 bits per heavy atom. The SMILES string of the molecule is CC(=O)C=C(SCc1ccccc1)SCc1ccccc1. The van der Waals surface area contributed by atoms with E-state index in [9.17, 15) is 4.79 Å². The molecular formula is C18H18OS2. The van der Waals surface area contributed by atoms with Crippen LogP contribution in [0.25, 0.3) is 0 Å². The molecule has 0 fully saturated rings. The number of thioether (sulfide) groups is 2. The standard InChI is InChI=1S/C18H18OS2/c1-15(19)12-18(20-13-16-8-4-2-5-9-16)21-14-17-10-6-3-7-11-17/h2-12H,13-14H2,1H3. The molecule has 2 aromatic rings. The Kier molecular flexibility index (Phi) is 6.64. The molecule has 0 bridgehead atoms. The number of carbonyl (C=O) groups excluding carboxylic acids is 1. The molecule has 0 unspecified atom stereocenters. The summed E-state index contributed by atoms with van der Waals surface area (Å²) in [4.78, 5) is 11.4. The highest BCUT2D eigenvalue weighted by Crippen LogP contribution is 2.33. The van der Waals surface area contributed by atoms with Crippen LogP contribution in [0.5, 0.6) is 0 Å². The highest BCUT2D eigenvalue weighted by molar-refractivity contribution is 8.21. The first-order chi connectivity index (χ1) is 10.2. The molecule has 0 spiro atoms. The second-order valence-corrected chi connectivity index (χ2v) is 6.92. The van der Waals surface area contributed by atoms with Crippen LogP contribution in [-0.2, 0) is 16.3 Å². The van der Waals surface area contributed by atoms with Gasteiger partial charge in [-0.25, -0.2) is 0 Å². The number of hydrogen-bond donors (Lipinski definition) is 0. The zero-order valence-electron chi connectivity index (χ0n) is 12.0. The van der Waals surface area contributed by atoms with Gasteiger partial charge in [0.1, 0.15) is 0 Å². The molecule has 108 valence electrons. The molecule has 0 radical (unpaired) electrons. The third-order valence-corrected chi connectivity index (χ3v) is 5.24. The second-order valence-electron chi connectivity index (χ2n) is 4.62. The van der Waals surface area contributed by atoms with E-state index in [2.05, 4.69) is 24.3 Å². The summed E-state index contributed by atoms with van der Waals surface area (Å²) in [5.41, 5.74) is 2.55. The average molecular weight is 314 g/mol. The number of rotatable bonds is 7. The maximum atomic E-state index is 11.4. The Bertz CT molecular complexity index is 546. The summed E-state index contributed by atoms with van der Waals surface area (Å²) in [5.74, 6) is 1.88. The smallest absolute Gasteiger partial charge is 0.154 e. The van der Waals surface area contributed by atoms with Crippen molar-refractivity contribution in [1.29, 1.82) is 0 Å². The lowest BCUT2D eigenvalue weighted by atomic mass is 10.2. The Hall–Kier alpha value is -1.45.